The molecule has 1 aromatic heterocycles. The fourth-order valence-corrected chi connectivity index (χ4v) is 4.39. The third-order valence-electron chi connectivity index (χ3n) is 5.04. The van der Waals surface area contributed by atoms with E-state index in [1.165, 1.54) is 5.56 Å². The average Bonchev–Trinajstić information content (AvgIpc) is 2.85. The molecule has 0 N–H and O–H groups in total. The maximum Gasteiger partial charge on any atom is 0.118 e. The summed E-state index contributed by atoms with van der Waals surface area (Å²) in [5.74, 6) is 1.64. The molecule has 0 saturated heterocycles. The highest BCUT2D eigenvalue weighted by atomic mass is 32.2. The minimum atomic E-state index is 0.614. The molecule has 0 unspecified atom stereocenters. The number of rotatable bonds is 7. The molecule has 0 saturated carbocycles. The predicted octanol–water partition coefficient (Wildman–Crippen LogP) is 6.63. The molecule has 31 heavy (non-hydrogen) atoms. The van der Waals surface area contributed by atoms with Gasteiger partial charge in [0.25, 0.3) is 0 Å². The molecular formula is C27H22N2OS. The SMILES string of the molecule is COc1ccc(-c2cc(-c3ccccc3)nc(SCCc3ccccc3)c2C#N)cc1. The number of pyridine rings is 1. The first kappa shape index (κ1) is 20.7. The fraction of sp³-hybridized carbons (Fsp3) is 0.111. The largest absolute Gasteiger partial charge is 0.497 e. The summed E-state index contributed by atoms with van der Waals surface area (Å²) in [5, 5.41) is 10.8. The van der Waals surface area contributed by atoms with Gasteiger partial charge in [-0.05, 0) is 35.7 Å². The zero-order valence-corrected chi connectivity index (χ0v) is 18.1. The summed E-state index contributed by atoms with van der Waals surface area (Å²) in [6.45, 7) is 0. The second-order valence-electron chi connectivity index (χ2n) is 7.03. The highest BCUT2D eigenvalue weighted by Crippen LogP contribution is 2.35. The second-order valence-corrected chi connectivity index (χ2v) is 8.11. The smallest absolute Gasteiger partial charge is 0.118 e. The van der Waals surface area contributed by atoms with Crippen LogP contribution in [0.3, 0.4) is 0 Å². The van der Waals surface area contributed by atoms with Gasteiger partial charge < -0.3 is 4.74 Å². The van der Waals surface area contributed by atoms with Gasteiger partial charge in [0.1, 0.15) is 16.8 Å². The molecule has 0 spiro atoms. The van der Waals surface area contributed by atoms with Crippen molar-refractivity contribution in [3.05, 3.63) is 102 Å². The minimum absolute atomic E-state index is 0.614. The van der Waals surface area contributed by atoms with E-state index in [0.29, 0.717) is 5.56 Å². The molecule has 3 aromatic carbocycles. The van der Waals surface area contributed by atoms with Crippen molar-refractivity contribution >= 4 is 11.8 Å². The maximum atomic E-state index is 10.0. The van der Waals surface area contributed by atoms with Crippen LogP contribution in [0, 0.1) is 11.3 Å². The van der Waals surface area contributed by atoms with Crippen molar-refractivity contribution in [2.75, 3.05) is 12.9 Å². The van der Waals surface area contributed by atoms with E-state index in [4.69, 9.17) is 9.72 Å². The topological polar surface area (TPSA) is 45.9 Å². The van der Waals surface area contributed by atoms with Gasteiger partial charge in [0, 0.05) is 16.9 Å². The van der Waals surface area contributed by atoms with Gasteiger partial charge in [-0.3, -0.25) is 0 Å². The van der Waals surface area contributed by atoms with Crippen LogP contribution in [-0.2, 0) is 6.42 Å². The molecule has 0 bridgehead atoms. The Balaban J connectivity index is 1.73. The Morgan fingerprint density at radius 2 is 1.55 bits per heavy atom. The lowest BCUT2D eigenvalue weighted by Gasteiger charge is -2.13. The highest BCUT2D eigenvalue weighted by molar-refractivity contribution is 7.99. The fourth-order valence-electron chi connectivity index (χ4n) is 3.40. The number of nitrogens with zero attached hydrogens (tertiary/aromatic N) is 2. The van der Waals surface area contributed by atoms with Crippen molar-refractivity contribution in [2.24, 2.45) is 0 Å². The number of ether oxygens (including phenoxy) is 1. The molecule has 0 fully saturated rings. The minimum Gasteiger partial charge on any atom is -0.497 e. The molecule has 1 heterocycles. The quantitative estimate of drug-likeness (QED) is 0.314. The van der Waals surface area contributed by atoms with Crippen LogP contribution in [0.25, 0.3) is 22.4 Å². The van der Waals surface area contributed by atoms with E-state index in [0.717, 1.165) is 45.3 Å². The summed E-state index contributed by atoms with van der Waals surface area (Å²) in [4.78, 5) is 4.88. The van der Waals surface area contributed by atoms with Crippen LogP contribution in [0.2, 0.25) is 0 Å². The van der Waals surface area contributed by atoms with Crippen molar-refractivity contribution < 1.29 is 4.74 Å². The third kappa shape index (κ3) is 4.96. The van der Waals surface area contributed by atoms with Crippen LogP contribution in [0.15, 0.2) is 96.0 Å². The number of aromatic nitrogens is 1. The second kappa shape index (κ2) is 9.97. The monoisotopic (exact) mass is 422 g/mol. The summed E-state index contributed by atoms with van der Waals surface area (Å²) in [5.41, 5.74) is 5.66. The van der Waals surface area contributed by atoms with Gasteiger partial charge >= 0.3 is 0 Å². The highest BCUT2D eigenvalue weighted by Gasteiger charge is 2.16. The molecule has 0 atom stereocenters. The van der Waals surface area contributed by atoms with Gasteiger partial charge in [-0.15, -0.1) is 11.8 Å². The van der Waals surface area contributed by atoms with Crippen LogP contribution in [0.5, 0.6) is 5.75 Å². The number of thioether (sulfide) groups is 1. The molecule has 4 heteroatoms. The predicted molar refractivity (Wildman–Crippen MR) is 127 cm³/mol. The van der Waals surface area contributed by atoms with Gasteiger partial charge in [-0.25, -0.2) is 4.98 Å². The molecule has 0 amide bonds. The van der Waals surface area contributed by atoms with Gasteiger partial charge in [0.05, 0.1) is 18.4 Å². The van der Waals surface area contributed by atoms with Crippen molar-refractivity contribution in [3.8, 4) is 34.2 Å². The molecule has 3 nitrogen and oxygen atoms in total. The summed E-state index contributed by atoms with van der Waals surface area (Å²) in [6, 6.07) is 32.7. The molecular weight excluding hydrogens is 400 g/mol. The van der Waals surface area contributed by atoms with E-state index >= 15 is 0 Å². The summed E-state index contributed by atoms with van der Waals surface area (Å²) in [6.07, 6.45) is 0.922. The third-order valence-corrected chi connectivity index (χ3v) is 6.02. The Morgan fingerprint density at radius 1 is 0.871 bits per heavy atom. The van der Waals surface area contributed by atoms with Crippen molar-refractivity contribution in [3.63, 3.8) is 0 Å². The first-order valence-electron chi connectivity index (χ1n) is 10.1. The maximum absolute atomic E-state index is 10.0. The van der Waals surface area contributed by atoms with Crippen LogP contribution in [-0.4, -0.2) is 17.8 Å². The number of methoxy groups -OCH3 is 1. The number of hydrogen-bond acceptors (Lipinski definition) is 4. The van der Waals surface area contributed by atoms with Crippen LogP contribution >= 0.6 is 11.8 Å². The molecule has 4 aromatic rings. The first-order chi connectivity index (χ1) is 15.3. The molecule has 0 radical (unpaired) electrons. The Kier molecular flexibility index (Phi) is 6.66. The molecule has 152 valence electrons. The van der Waals surface area contributed by atoms with E-state index in [2.05, 4.69) is 30.3 Å². The number of nitriles is 1. The van der Waals surface area contributed by atoms with E-state index < -0.39 is 0 Å². The van der Waals surface area contributed by atoms with Crippen molar-refractivity contribution in [1.82, 2.24) is 4.98 Å². The molecule has 0 aliphatic carbocycles. The van der Waals surface area contributed by atoms with Gasteiger partial charge in [0.15, 0.2) is 0 Å². The van der Waals surface area contributed by atoms with Crippen LogP contribution < -0.4 is 4.74 Å². The van der Waals surface area contributed by atoms with Crippen molar-refractivity contribution in [2.45, 2.75) is 11.4 Å². The van der Waals surface area contributed by atoms with Crippen molar-refractivity contribution in [1.29, 1.82) is 5.26 Å². The van der Waals surface area contributed by atoms with Gasteiger partial charge in [-0.2, -0.15) is 5.26 Å². The normalized spacial score (nSPS) is 10.5. The lowest BCUT2D eigenvalue weighted by molar-refractivity contribution is 0.415. The first-order valence-corrected chi connectivity index (χ1v) is 11.1. The lowest BCUT2D eigenvalue weighted by Crippen LogP contribution is -1.97. The Hall–Kier alpha value is -3.55. The molecule has 0 aliphatic heterocycles. The van der Waals surface area contributed by atoms with E-state index in [1.807, 2.05) is 66.7 Å². The summed E-state index contributed by atoms with van der Waals surface area (Å²) in [7, 11) is 1.65. The number of benzene rings is 3. The van der Waals surface area contributed by atoms with Crippen LogP contribution in [0.4, 0.5) is 0 Å². The molecule has 4 rings (SSSR count). The van der Waals surface area contributed by atoms with E-state index in [9.17, 15) is 5.26 Å². The van der Waals surface area contributed by atoms with Crippen LogP contribution in [0.1, 0.15) is 11.1 Å². The zero-order chi connectivity index (χ0) is 21.5. The van der Waals surface area contributed by atoms with Gasteiger partial charge in [0.2, 0.25) is 0 Å². The Morgan fingerprint density at radius 3 is 2.19 bits per heavy atom. The standard InChI is InChI=1S/C27H22N2OS/c1-30-23-14-12-21(13-15-23)24-18-26(22-10-6-3-7-11-22)29-27(25(24)19-28)31-17-16-20-8-4-2-5-9-20/h2-15,18H,16-17H2,1H3. The van der Waals surface area contributed by atoms with Gasteiger partial charge in [-0.1, -0.05) is 72.8 Å². The average molecular weight is 423 g/mol. The zero-order valence-electron chi connectivity index (χ0n) is 17.3. The number of aryl methyl sites for hydroxylation is 1. The lowest BCUT2D eigenvalue weighted by atomic mass is 9.99. The van der Waals surface area contributed by atoms with E-state index in [-0.39, 0.29) is 0 Å². The summed E-state index contributed by atoms with van der Waals surface area (Å²) < 4.78 is 5.29. The summed E-state index contributed by atoms with van der Waals surface area (Å²) >= 11 is 1.63. The molecule has 0 aliphatic rings. The number of hydrogen-bond donors (Lipinski definition) is 0. The Labute approximate surface area is 187 Å². The van der Waals surface area contributed by atoms with E-state index in [1.54, 1.807) is 18.9 Å². The Bertz CT molecular complexity index is 1180.